The van der Waals surface area contributed by atoms with Crippen molar-refractivity contribution in [3.8, 4) is 0 Å². The maximum absolute atomic E-state index is 2.53. The fraction of sp³-hybridized carbons (Fsp3) is 0.250. The van der Waals surface area contributed by atoms with Crippen molar-refractivity contribution < 1.29 is 21.6 Å². The largest absolute Gasteiger partial charge is 1.00 e. The van der Waals surface area contributed by atoms with Crippen LogP contribution in [0.3, 0.4) is 0 Å². The van der Waals surface area contributed by atoms with Crippen LogP contribution >= 0.6 is 0 Å². The number of nitrogens with zero attached hydrogens (tertiary/aromatic N) is 1. The van der Waals surface area contributed by atoms with Crippen LogP contribution in [0.25, 0.3) is 5.57 Å². The molecular formula is C20H20BrN. The van der Waals surface area contributed by atoms with Gasteiger partial charge in [0.25, 0.3) is 0 Å². The molecule has 0 atom stereocenters. The Kier molecular flexibility index (Phi) is 4.30. The molecule has 0 bridgehead atoms. The lowest BCUT2D eigenvalue weighted by Crippen LogP contribution is -3.00. The molecule has 112 valence electrons. The lowest BCUT2D eigenvalue weighted by atomic mass is 9.88. The third kappa shape index (κ3) is 2.46. The number of halogens is 1. The van der Waals surface area contributed by atoms with Crippen LogP contribution in [-0.4, -0.2) is 10.3 Å². The lowest BCUT2D eigenvalue weighted by Gasteiger charge is -2.12. The van der Waals surface area contributed by atoms with Crippen LogP contribution in [0.15, 0.2) is 60.2 Å². The summed E-state index contributed by atoms with van der Waals surface area (Å²) in [5, 5.41) is 0. The van der Waals surface area contributed by atoms with E-state index in [1.165, 1.54) is 47.4 Å². The molecule has 2 heteroatoms. The molecule has 2 aromatic carbocycles. The van der Waals surface area contributed by atoms with Crippen LogP contribution in [0.2, 0.25) is 0 Å². The van der Waals surface area contributed by atoms with Crippen molar-refractivity contribution in [1.82, 2.24) is 0 Å². The molecule has 0 radical (unpaired) electrons. The zero-order valence-corrected chi connectivity index (χ0v) is 14.4. The average Bonchev–Trinajstić information content (AvgIpc) is 2.84. The second-order valence-corrected chi connectivity index (χ2v) is 6.04. The first-order valence-electron chi connectivity index (χ1n) is 7.81. The van der Waals surface area contributed by atoms with E-state index >= 15 is 0 Å². The van der Waals surface area contributed by atoms with Gasteiger partial charge in [0.15, 0.2) is 12.3 Å². The van der Waals surface area contributed by atoms with Gasteiger partial charge in [-0.25, -0.2) is 0 Å². The van der Waals surface area contributed by atoms with E-state index in [0.29, 0.717) is 0 Å². The Balaban J connectivity index is 0.00000144. The van der Waals surface area contributed by atoms with Crippen molar-refractivity contribution in [1.29, 1.82) is 0 Å². The molecule has 1 heterocycles. The lowest BCUT2D eigenvalue weighted by molar-refractivity contribution is -0.455. The van der Waals surface area contributed by atoms with Gasteiger partial charge in [0.1, 0.15) is 0 Å². The van der Waals surface area contributed by atoms with Crippen molar-refractivity contribution in [3.05, 3.63) is 71.3 Å². The molecule has 0 unspecified atom stereocenters. The predicted octanol–water partition coefficient (Wildman–Crippen LogP) is 1.95. The van der Waals surface area contributed by atoms with E-state index in [-0.39, 0.29) is 17.0 Å². The molecule has 1 aliphatic heterocycles. The van der Waals surface area contributed by atoms with Crippen molar-refractivity contribution in [2.45, 2.75) is 32.7 Å². The fourth-order valence-corrected chi connectivity index (χ4v) is 3.68. The summed E-state index contributed by atoms with van der Waals surface area (Å²) < 4.78 is 2.53. The Labute approximate surface area is 142 Å². The molecule has 0 N–H and O–H groups in total. The third-order valence-corrected chi connectivity index (χ3v) is 4.65. The molecule has 0 spiro atoms. The maximum atomic E-state index is 2.53. The number of para-hydroxylation sites is 1. The molecular weight excluding hydrogens is 334 g/mol. The molecule has 2 aromatic rings. The Morgan fingerprint density at radius 1 is 0.909 bits per heavy atom. The summed E-state index contributed by atoms with van der Waals surface area (Å²) in [6.45, 7) is 3.28. The number of hydrogen-bond donors (Lipinski definition) is 0. The van der Waals surface area contributed by atoms with E-state index in [4.69, 9.17) is 0 Å². The molecule has 4 rings (SSSR count). The maximum Gasteiger partial charge on any atom is 0.213 e. The number of allylic oxidation sites excluding steroid dienone is 2. The SMILES string of the molecule is CC1=C2C(=[N+](Cc3ccccc3)c3ccccc32)CCC1.[Br-]. The quantitative estimate of drug-likeness (QED) is 0.726. The number of fused-ring (bicyclic) bond motifs is 3. The van der Waals surface area contributed by atoms with E-state index in [0.717, 1.165) is 6.54 Å². The highest BCUT2D eigenvalue weighted by atomic mass is 79.9. The Morgan fingerprint density at radius 3 is 2.45 bits per heavy atom. The van der Waals surface area contributed by atoms with E-state index in [2.05, 4.69) is 66.1 Å². The van der Waals surface area contributed by atoms with Crippen LogP contribution in [-0.2, 0) is 6.54 Å². The molecule has 0 saturated heterocycles. The summed E-state index contributed by atoms with van der Waals surface area (Å²) in [6, 6.07) is 19.7. The zero-order chi connectivity index (χ0) is 14.2. The van der Waals surface area contributed by atoms with Crippen molar-refractivity contribution in [2.75, 3.05) is 0 Å². The van der Waals surface area contributed by atoms with Gasteiger partial charge in [0, 0.05) is 18.1 Å². The molecule has 2 aliphatic rings. The normalized spacial score (nSPS) is 16.2. The van der Waals surface area contributed by atoms with Crippen LogP contribution in [0.5, 0.6) is 0 Å². The van der Waals surface area contributed by atoms with Gasteiger partial charge in [0.05, 0.1) is 11.1 Å². The topological polar surface area (TPSA) is 3.01 Å². The summed E-state index contributed by atoms with van der Waals surface area (Å²) >= 11 is 0. The van der Waals surface area contributed by atoms with Crippen LogP contribution in [0.1, 0.15) is 37.3 Å². The highest BCUT2D eigenvalue weighted by Gasteiger charge is 2.36. The van der Waals surface area contributed by atoms with Crippen molar-refractivity contribution in [2.24, 2.45) is 0 Å². The molecule has 0 aromatic heterocycles. The summed E-state index contributed by atoms with van der Waals surface area (Å²) in [5.74, 6) is 0. The molecule has 22 heavy (non-hydrogen) atoms. The van der Waals surface area contributed by atoms with Gasteiger partial charge in [-0.15, -0.1) is 0 Å². The highest BCUT2D eigenvalue weighted by molar-refractivity contribution is 6.26. The van der Waals surface area contributed by atoms with E-state index in [1.54, 1.807) is 5.57 Å². The van der Waals surface area contributed by atoms with E-state index in [1.807, 2.05) is 0 Å². The second-order valence-electron chi connectivity index (χ2n) is 6.04. The highest BCUT2D eigenvalue weighted by Crippen LogP contribution is 2.41. The van der Waals surface area contributed by atoms with Crippen LogP contribution < -0.4 is 17.0 Å². The first kappa shape index (κ1) is 15.2. The van der Waals surface area contributed by atoms with Gasteiger partial charge in [0.2, 0.25) is 5.69 Å². The van der Waals surface area contributed by atoms with Crippen molar-refractivity contribution >= 4 is 17.0 Å². The molecule has 0 saturated carbocycles. The number of rotatable bonds is 2. The monoisotopic (exact) mass is 353 g/mol. The van der Waals surface area contributed by atoms with Gasteiger partial charge in [-0.3, -0.25) is 0 Å². The fourth-order valence-electron chi connectivity index (χ4n) is 3.68. The Morgan fingerprint density at radius 2 is 1.64 bits per heavy atom. The van der Waals surface area contributed by atoms with Gasteiger partial charge >= 0.3 is 0 Å². The smallest absolute Gasteiger partial charge is 0.213 e. The van der Waals surface area contributed by atoms with Crippen LogP contribution in [0.4, 0.5) is 5.69 Å². The summed E-state index contributed by atoms with van der Waals surface area (Å²) in [5.41, 5.74) is 8.80. The number of benzene rings is 2. The first-order chi connectivity index (χ1) is 10.3. The van der Waals surface area contributed by atoms with Gasteiger partial charge in [-0.2, -0.15) is 4.58 Å². The average molecular weight is 354 g/mol. The third-order valence-electron chi connectivity index (χ3n) is 4.65. The minimum absolute atomic E-state index is 0. The summed E-state index contributed by atoms with van der Waals surface area (Å²) in [4.78, 5) is 0. The minimum atomic E-state index is 0. The molecule has 1 nitrogen and oxygen atoms in total. The molecule has 0 fully saturated rings. The zero-order valence-electron chi connectivity index (χ0n) is 12.8. The first-order valence-corrected chi connectivity index (χ1v) is 7.81. The standard InChI is InChI=1S/C20H20N.BrH/c1-15-8-7-13-19-20(15)17-11-5-6-12-18(17)21(19)14-16-9-3-2-4-10-16;/h2-6,9-12H,7-8,13-14H2,1H3;1H/q+1;/p-1. The van der Waals surface area contributed by atoms with Crippen molar-refractivity contribution in [3.63, 3.8) is 0 Å². The van der Waals surface area contributed by atoms with E-state index in [9.17, 15) is 0 Å². The van der Waals surface area contributed by atoms with E-state index < -0.39 is 0 Å². The molecule has 0 amide bonds. The van der Waals surface area contributed by atoms with Gasteiger partial charge in [-0.1, -0.05) is 48.0 Å². The molecule has 1 aliphatic carbocycles. The van der Waals surface area contributed by atoms with Crippen LogP contribution in [0, 0.1) is 0 Å². The summed E-state index contributed by atoms with van der Waals surface area (Å²) in [6.07, 6.45) is 3.73. The summed E-state index contributed by atoms with van der Waals surface area (Å²) in [7, 11) is 0. The van der Waals surface area contributed by atoms with Gasteiger partial charge < -0.3 is 17.0 Å². The Hall–Kier alpha value is -1.67. The Bertz CT molecular complexity index is 756. The number of hydrogen-bond acceptors (Lipinski definition) is 0. The second kappa shape index (κ2) is 6.21. The minimum Gasteiger partial charge on any atom is -1.00 e. The van der Waals surface area contributed by atoms with Gasteiger partial charge in [-0.05, 0) is 25.8 Å². The predicted molar refractivity (Wildman–Crippen MR) is 88.0 cm³/mol.